The Morgan fingerprint density at radius 1 is 1.69 bits per heavy atom. The number of hydrogen-bond donors (Lipinski definition) is 1. The van der Waals surface area contributed by atoms with Crippen LogP contribution in [0.1, 0.15) is 17.0 Å². The van der Waals surface area contributed by atoms with Gasteiger partial charge in [-0.05, 0) is 7.05 Å². The third-order valence-corrected chi connectivity index (χ3v) is 2.46. The van der Waals surface area contributed by atoms with Crippen molar-refractivity contribution < 1.29 is 0 Å². The zero-order chi connectivity index (χ0) is 9.26. The number of hydrogen-bond acceptors (Lipinski definition) is 3. The lowest BCUT2D eigenvalue weighted by atomic mass is 10.0. The molecular weight excluding hydrogens is 164 g/mol. The van der Waals surface area contributed by atoms with Gasteiger partial charge in [-0.1, -0.05) is 0 Å². The Hall–Kier alpha value is -1.34. The first-order chi connectivity index (χ1) is 6.31. The number of aromatic nitrogens is 2. The molecule has 0 aliphatic carbocycles. The zero-order valence-corrected chi connectivity index (χ0v) is 7.67. The van der Waals surface area contributed by atoms with Crippen LogP contribution in [0, 0.1) is 11.3 Å². The van der Waals surface area contributed by atoms with Crippen molar-refractivity contribution in [3.8, 4) is 6.07 Å². The first-order valence-electron chi connectivity index (χ1n) is 4.41. The summed E-state index contributed by atoms with van der Waals surface area (Å²) in [4.78, 5) is 2.25. The number of likely N-dealkylation sites (N-methyl/N-ethyl adjacent to an activating group) is 1. The van der Waals surface area contributed by atoms with Crippen molar-refractivity contribution in [3.63, 3.8) is 0 Å². The fourth-order valence-electron chi connectivity index (χ4n) is 1.71. The molecule has 0 saturated heterocycles. The smallest absolute Gasteiger partial charge is 0.0810 e. The molecule has 68 valence electrons. The van der Waals surface area contributed by atoms with Crippen LogP contribution in [0.15, 0.2) is 0 Å². The van der Waals surface area contributed by atoms with E-state index in [1.165, 1.54) is 11.3 Å². The second kappa shape index (κ2) is 3.19. The van der Waals surface area contributed by atoms with E-state index in [0.29, 0.717) is 6.42 Å². The molecule has 0 unspecified atom stereocenters. The number of fused-ring (bicyclic) bond motifs is 1. The Labute approximate surface area is 77.2 Å². The topological polar surface area (TPSA) is 55.7 Å². The molecule has 2 rings (SSSR count). The van der Waals surface area contributed by atoms with E-state index in [1.807, 2.05) is 0 Å². The molecule has 4 nitrogen and oxygen atoms in total. The molecule has 1 aliphatic rings. The van der Waals surface area contributed by atoms with Crippen LogP contribution in [0.3, 0.4) is 0 Å². The fourth-order valence-corrected chi connectivity index (χ4v) is 1.71. The Kier molecular flexibility index (Phi) is 2.03. The van der Waals surface area contributed by atoms with Gasteiger partial charge in [-0.25, -0.2) is 0 Å². The van der Waals surface area contributed by atoms with Crippen molar-refractivity contribution in [1.82, 2.24) is 15.1 Å². The van der Waals surface area contributed by atoms with Crippen LogP contribution in [0.4, 0.5) is 0 Å². The minimum atomic E-state index is 0.416. The molecule has 0 atom stereocenters. The van der Waals surface area contributed by atoms with Gasteiger partial charge in [-0.2, -0.15) is 10.4 Å². The van der Waals surface area contributed by atoms with Crippen LogP contribution >= 0.6 is 0 Å². The molecule has 4 heteroatoms. The summed E-state index contributed by atoms with van der Waals surface area (Å²) in [5.74, 6) is 0. The Balaban J connectivity index is 2.31. The van der Waals surface area contributed by atoms with Gasteiger partial charge in [0.15, 0.2) is 0 Å². The summed E-state index contributed by atoms with van der Waals surface area (Å²) in [6, 6.07) is 2.13. The van der Waals surface area contributed by atoms with Crippen molar-refractivity contribution in [2.24, 2.45) is 0 Å². The standard InChI is InChI=1S/C9H12N4/c1-13-5-3-9-7(6-13)8(2-4-10)11-12-9/h2-3,5-6H2,1H3,(H,11,12). The van der Waals surface area contributed by atoms with E-state index in [9.17, 15) is 0 Å². The quantitative estimate of drug-likeness (QED) is 0.676. The van der Waals surface area contributed by atoms with Crippen LogP contribution in [0.2, 0.25) is 0 Å². The average molecular weight is 176 g/mol. The molecule has 0 fully saturated rings. The summed E-state index contributed by atoms with van der Waals surface area (Å²) in [5.41, 5.74) is 3.36. The zero-order valence-electron chi connectivity index (χ0n) is 7.67. The molecular formula is C9H12N4. The normalized spacial score (nSPS) is 16.6. The molecule has 1 aromatic heterocycles. The number of nitriles is 1. The van der Waals surface area contributed by atoms with Crippen LogP contribution in [0.5, 0.6) is 0 Å². The lowest BCUT2D eigenvalue weighted by Gasteiger charge is -2.21. The highest BCUT2D eigenvalue weighted by Crippen LogP contribution is 2.19. The molecule has 0 saturated carbocycles. The van der Waals surface area contributed by atoms with Crippen molar-refractivity contribution >= 4 is 0 Å². The highest BCUT2D eigenvalue weighted by molar-refractivity contribution is 5.29. The molecule has 1 aliphatic heterocycles. The van der Waals surface area contributed by atoms with Gasteiger partial charge >= 0.3 is 0 Å². The highest BCUT2D eigenvalue weighted by atomic mass is 15.2. The maximum Gasteiger partial charge on any atom is 0.0810 e. The largest absolute Gasteiger partial charge is 0.302 e. The number of nitrogens with zero attached hydrogens (tertiary/aromatic N) is 3. The van der Waals surface area contributed by atoms with Gasteiger partial charge in [0.05, 0.1) is 18.2 Å². The van der Waals surface area contributed by atoms with Gasteiger partial charge in [-0.15, -0.1) is 0 Å². The predicted molar refractivity (Wildman–Crippen MR) is 47.9 cm³/mol. The molecule has 0 spiro atoms. The summed E-state index contributed by atoms with van der Waals surface area (Å²) >= 11 is 0. The van der Waals surface area contributed by atoms with Gasteiger partial charge < -0.3 is 4.90 Å². The molecule has 1 N–H and O–H groups in total. The molecule has 1 aromatic rings. The van der Waals surface area contributed by atoms with E-state index in [0.717, 1.165) is 25.2 Å². The maximum absolute atomic E-state index is 8.59. The second-order valence-electron chi connectivity index (χ2n) is 3.45. The summed E-state index contributed by atoms with van der Waals surface area (Å²) in [6.45, 7) is 1.99. The third-order valence-electron chi connectivity index (χ3n) is 2.46. The van der Waals surface area contributed by atoms with Gasteiger partial charge in [0.25, 0.3) is 0 Å². The molecule has 0 aromatic carbocycles. The summed E-state index contributed by atoms with van der Waals surface area (Å²) < 4.78 is 0. The van der Waals surface area contributed by atoms with Gasteiger partial charge in [0, 0.05) is 30.8 Å². The van der Waals surface area contributed by atoms with Crippen molar-refractivity contribution in [3.05, 3.63) is 17.0 Å². The van der Waals surface area contributed by atoms with Crippen molar-refractivity contribution in [2.45, 2.75) is 19.4 Å². The number of H-pyrrole nitrogens is 1. The van der Waals surface area contributed by atoms with Crippen LogP contribution in [-0.2, 0) is 19.4 Å². The number of aromatic amines is 1. The molecule has 0 radical (unpaired) electrons. The lowest BCUT2D eigenvalue weighted by Crippen LogP contribution is -2.26. The van der Waals surface area contributed by atoms with Crippen LogP contribution < -0.4 is 0 Å². The molecule has 13 heavy (non-hydrogen) atoms. The maximum atomic E-state index is 8.59. The second-order valence-corrected chi connectivity index (χ2v) is 3.45. The van der Waals surface area contributed by atoms with Gasteiger partial charge in [0.2, 0.25) is 0 Å². The monoisotopic (exact) mass is 176 g/mol. The van der Waals surface area contributed by atoms with Crippen LogP contribution in [0.25, 0.3) is 0 Å². The Bertz CT molecular complexity index is 347. The summed E-state index contributed by atoms with van der Waals surface area (Å²) in [7, 11) is 2.09. The van der Waals surface area contributed by atoms with E-state index in [1.54, 1.807) is 0 Å². The lowest BCUT2D eigenvalue weighted by molar-refractivity contribution is 0.311. The highest BCUT2D eigenvalue weighted by Gasteiger charge is 2.18. The average Bonchev–Trinajstić information content (AvgIpc) is 2.49. The van der Waals surface area contributed by atoms with E-state index < -0.39 is 0 Å². The van der Waals surface area contributed by atoms with Crippen LogP contribution in [-0.4, -0.2) is 28.7 Å². The third kappa shape index (κ3) is 1.43. The Morgan fingerprint density at radius 2 is 2.54 bits per heavy atom. The van der Waals surface area contributed by atoms with Crippen molar-refractivity contribution in [1.29, 1.82) is 5.26 Å². The molecule has 0 amide bonds. The first-order valence-corrected chi connectivity index (χ1v) is 4.41. The first kappa shape index (κ1) is 8.27. The van der Waals surface area contributed by atoms with E-state index in [4.69, 9.17) is 5.26 Å². The van der Waals surface area contributed by atoms with Crippen molar-refractivity contribution in [2.75, 3.05) is 13.6 Å². The van der Waals surface area contributed by atoms with Gasteiger partial charge in [-0.3, -0.25) is 5.10 Å². The minimum absolute atomic E-state index is 0.416. The summed E-state index contributed by atoms with van der Waals surface area (Å²) in [5, 5.41) is 15.7. The van der Waals surface area contributed by atoms with E-state index in [-0.39, 0.29) is 0 Å². The Morgan fingerprint density at radius 3 is 3.31 bits per heavy atom. The fraction of sp³-hybridized carbons (Fsp3) is 0.556. The summed E-state index contributed by atoms with van der Waals surface area (Å²) in [6.07, 6.45) is 1.43. The predicted octanol–water partition coefficient (Wildman–Crippen LogP) is 0.464. The van der Waals surface area contributed by atoms with E-state index in [2.05, 4.69) is 28.2 Å². The minimum Gasteiger partial charge on any atom is -0.302 e. The SMILES string of the molecule is CN1CCc2[nH]nc(CC#N)c2C1. The molecule has 2 heterocycles. The van der Waals surface area contributed by atoms with E-state index >= 15 is 0 Å². The molecule has 0 bridgehead atoms. The van der Waals surface area contributed by atoms with Gasteiger partial charge in [0.1, 0.15) is 0 Å². The number of nitrogens with one attached hydrogen (secondary N) is 1. The number of rotatable bonds is 1.